The van der Waals surface area contributed by atoms with Crippen molar-refractivity contribution >= 4 is 29.2 Å². The van der Waals surface area contributed by atoms with Crippen molar-refractivity contribution < 1.29 is 14.3 Å². The van der Waals surface area contributed by atoms with Gasteiger partial charge in [0.2, 0.25) is 5.78 Å². The van der Waals surface area contributed by atoms with E-state index in [1.165, 1.54) is 83.5 Å². The highest BCUT2D eigenvalue weighted by atomic mass is 35.5. The van der Waals surface area contributed by atoms with Crippen molar-refractivity contribution in [1.82, 2.24) is 0 Å². The van der Waals surface area contributed by atoms with E-state index in [2.05, 4.69) is 6.92 Å². The van der Waals surface area contributed by atoms with Crippen molar-refractivity contribution in [2.75, 3.05) is 0 Å². The third-order valence-electron chi connectivity index (χ3n) is 7.34. The normalized spacial score (nSPS) is 13.6. The summed E-state index contributed by atoms with van der Waals surface area (Å²) in [6.07, 6.45) is 22.5. The number of benzene rings is 2. The van der Waals surface area contributed by atoms with Crippen molar-refractivity contribution in [2.24, 2.45) is 0 Å². The van der Waals surface area contributed by atoms with Gasteiger partial charge in [0, 0.05) is 17.9 Å². The maximum absolute atomic E-state index is 12.8. The average molecular weight is 537 g/mol. The van der Waals surface area contributed by atoms with Crippen LogP contribution < -0.4 is 4.74 Å². The second-order valence-corrected chi connectivity index (χ2v) is 11.2. The van der Waals surface area contributed by atoms with Crippen LogP contribution >= 0.6 is 11.6 Å². The van der Waals surface area contributed by atoms with Crippen LogP contribution in [0, 0.1) is 0 Å². The summed E-state index contributed by atoms with van der Waals surface area (Å²) < 4.78 is 5.77. The second kappa shape index (κ2) is 17.2. The van der Waals surface area contributed by atoms with Gasteiger partial charge in [-0.3, -0.25) is 9.59 Å². The number of rotatable bonds is 19. The molecule has 0 saturated carbocycles. The summed E-state index contributed by atoms with van der Waals surface area (Å²) >= 11 is 6.05. The van der Waals surface area contributed by atoms with Gasteiger partial charge in [0.1, 0.15) is 11.5 Å². The molecule has 0 amide bonds. The number of fused-ring (bicyclic) bond motifs is 1. The van der Waals surface area contributed by atoms with Gasteiger partial charge < -0.3 is 4.74 Å². The minimum atomic E-state index is -0.156. The SMILES string of the molecule is CCCCCCCCCCCCCCCCCC(=O)Cc1ccc2c(c1)C(=O)/C(=C/c1cccc(Cl)c1)O2. The number of hydrogen-bond donors (Lipinski definition) is 0. The molecule has 0 saturated heterocycles. The predicted octanol–water partition coefficient (Wildman–Crippen LogP) is 10.3. The summed E-state index contributed by atoms with van der Waals surface area (Å²) in [4.78, 5) is 25.4. The molecule has 0 radical (unpaired) electrons. The fourth-order valence-corrected chi connectivity index (χ4v) is 5.30. The largest absolute Gasteiger partial charge is 0.452 e. The predicted molar refractivity (Wildman–Crippen MR) is 159 cm³/mol. The van der Waals surface area contributed by atoms with Gasteiger partial charge >= 0.3 is 0 Å². The monoisotopic (exact) mass is 536 g/mol. The highest BCUT2D eigenvalue weighted by molar-refractivity contribution is 6.30. The van der Waals surface area contributed by atoms with Crippen LogP contribution in [0.4, 0.5) is 0 Å². The van der Waals surface area contributed by atoms with E-state index in [9.17, 15) is 9.59 Å². The van der Waals surface area contributed by atoms with E-state index < -0.39 is 0 Å². The Morgan fingerprint density at radius 3 is 2.00 bits per heavy atom. The molecule has 0 aromatic heterocycles. The molecule has 1 heterocycles. The molecule has 4 heteroatoms. The van der Waals surface area contributed by atoms with Crippen LogP contribution in [-0.4, -0.2) is 11.6 Å². The van der Waals surface area contributed by atoms with Crippen molar-refractivity contribution in [1.29, 1.82) is 0 Å². The number of ketones is 2. The molecule has 0 atom stereocenters. The van der Waals surface area contributed by atoms with Crippen LogP contribution in [0.25, 0.3) is 6.08 Å². The van der Waals surface area contributed by atoms with Gasteiger partial charge in [-0.1, -0.05) is 127 Å². The Morgan fingerprint density at radius 1 is 0.789 bits per heavy atom. The number of hydrogen-bond acceptors (Lipinski definition) is 3. The molecule has 0 bridgehead atoms. The first-order valence-electron chi connectivity index (χ1n) is 14.9. The van der Waals surface area contributed by atoms with Crippen molar-refractivity contribution in [3.63, 3.8) is 0 Å². The molecule has 3 rings (SSSR count). The van der Waals surface area contributed by atoms with E-state index >= 15 is 0 Å². The second-order valence-electron chi connectivity index (χ2n) is 10.7. The zero-order valence-corrected chi connectivity index (χ0v) is 24.0. The first-order chi connectivity index (χ1) is 18.6. The molecule has 0 N–H and O–H groups in total. The summed E-state index contributed by atoms with van der Waals surface area (Å²) in [6.45, 7) is 2.27. The first-order valence-corrected chi connectivity index (χ1v) is 15.3. The van der Waals surface area contributed by atoms with Gasteiger partial charge in [-0.2, -0.15) is 0 Å². The molecule has 0 aliphatic carbocycles. The van der Waals surface area contributed by atoms with Gasteiger partial charge in [0.05, 0.1) is 5.56 Å². The summed E-state index contributed by atoms with van der Waals surface area (Å²) in [7, 11) is 0. The Hall–Kier alpha value is -2.39. The highest BCUT2D eigenvalue weighted by Gasteiger charge is 2.27. The molecule has 0 unspecified atom stereocenters. The quantitative estimate of drug-likeness (QED) is 0.132. The Morgan fingerprint density at radius 2 is 1.39 bits per heavy atom. The smallest absolute Gasteiger partial charge is 0.231 e. The number of ether oxygens (including phenoxy) is 1. The zero-order valence-electron chi connectivity index (χ0n) is 23.2. The molecule has 0 fully saturated rings. The van der Waals surface area contributed by atoms with E-state index in [-0.39, 0.29) is 17.3 Å². The van der Waals surface area contributed by atoms with Gasteiger partial charge in [0.25, 0.3) is 0 Å². The Labute approximate surface area is 235 Å². The number of carbonyl (C=O) groups is 2. The summed E-state index contributed by atoms with van der Waals surface area (Å²) in [5.74, 6) is 0.905. The first kappa shape index (κ1) is 30.2. The van der Waals surface area contributed by atoms with Crippen molar-refractivity contribution in [3.05, 3.63) is 69.9 Å². The van der Waals surface area contributed by atoms with E-state index in [0.717, 1.165) is 24.0 Å². The molecule has 206 valence electrons. The van der Waals surface area contributed by atoms with Crippen LogP contribution in [0.1, 0.15) is 131 Å². The zero-order chi connectivity index (χ0) is 27.0. The van der Waals surface area contributed by atoms with E-state index in [4.69, 9.17) is 16.3 Å². The van der Waals surface area contributed by atoms with Crippen LogP contribution in [0.2, 0.25) is 5.02 Å². The van der Waals surface area contributed by atoms with Gasteiger partial charge in [-0.15, -0.1) is 0 Å². The molecular weight excluding hydrogens is 492 g/mol. The summed E-state index contributed by atoms with van der Waals surface area (Å²) in [5, 5.41) is 0.609. The third-order valence-corrected chi connectivity index (χ3v) is 7.57. The molecule has 0 spiro atoms. The Kier molecular flexibility index (Phi) is 13.7. The van der Waals surface area contributed by atoms with E-state index in [0.29, 0.717) is 29.2 Å². The lowest BCUT2D eigenvalue weighted by Gasteiger charge is -2.04. The van der Waals surface area contributed by atoms with Gasteiger partial charge in [-0.05, 0) is 47.9 Å². The van der Waals surface area contributed by atoms with Gasteiger partial charge in [0.15, 0.2) is 5.76 Å². The molecule has 3 nitrogen and oxygen atoms in total. The molecule has 38 heavy (non-hydrogen) atoms. The lowest BCUT2D eigenvalue weighted by Crippen LogP contribution is -2.03. The molecule has 2 aromatic carbocycles. The number of Topliss-reactive ketones (excluding diaryl/α,β-unsaturated/α-hetero) is 2. The minimum Gasteiger partial charge on any atom is -0.452 e. The standard InChI is InChI=1S/C34H45ClO3/c1-2-3-4-5-6-7-8-9-10-11-12-13-14-15-16-20-30(36)24-28-21-22-32-31(25-28)34(37)33(38-32)26-27-18-17-19-29(35)23-27/h17-19,21-23,25-26H,2-16,20,24H2,1H3/b33-26-. The van der Waals surface area contributed by atoms with E-state index in [1.807, 2.05) is 18.2 Å². The van der Waals surface area contributed by atoms with Crippen molar-refractivity contribution in [2.45, 2.75) is 116 Å². The summed E-state index contributed by atoms with van der Waals surface area (Å²) in [5.41, 5.74) is 2.21. The van der Waals surface area contributed by atoms with Crippen LogP contribution in [0.5, 0.6) is 5.75 Å². The van der Waals surface area contributed by atoms with Crippen molar-refractivity contribution in [3.8, 4) is 5.75 Å². The molecule has 1 aliphatic rings. The fourth-order valence-electron chi connectivity index (χ4n) is 5.10. The van der Waals surface area contributed by atoms with Crippen LogP contribution in [0.3, 0.4) is 0 Å². The maximum Gasteiger partial charge on any atom is 0.231 e. The molecule has 1 aliphatic heterocycles. The fraction of sp³-hybridized carbons (Fsp3) is 0.529. The molecular formula is C34H45ClO3. The van der Waals surface area contributed by atoms with Crippen LogP contribution in [-0.2, 0) is 11.2 Å². The summed E-state index contributed by atoms with van der Waals surface area (Å²) in [6, 6.07) is 12.8. The number of allylic oxidation sites excluding steroid dienone is 1. The number of unbranched alkanes of at least 4 members (excludes halogenated alkanes) is 14. The third kappa shape index (κ3) is 10.8. The number of carbonyl (C=O) groups excluding carboxylic acids is 2. The lowest BCUT2D eigenvalue weighted by atomic mass is 10.00. The Balaban J connectivity index is 1.25. The highest BCUT2D eigenvalue weighted by Crippen LogP contribution is 2.33. The minimum absolute atomic E-state index is 0.156. The number of halogens is 1. The average Bonchev–Trinajstić information content (AvgIpc) is 3.20. The van der Waals surface area contributed by atoms with Gasteiger partial charge in [-0.25, -0.2) is 0 Å². The molecule has 2 aromatic rings. The van der Waals surface area contributed by atoms with E-state index in [1.54, 1.807) is 30.3 Å². The maximum atomic E-state index is 12.8. The topological polar surface area (TPSA) is 43.4 Å². The van der Waals surface area contributed by atoms with Crippen LogP contribution in [0.15, 0.2) is 48.2 Å². The Bertz CT molecular complexity index is 1060. The lowest BCUT2D eigenvalue weighted by molar-refractivity contribution is -0.118.